The lowest BCUT2D eigenvalue weighted by Crippen LogP contribution is -2.25. The zero-order valence-corrected chi connectivity index (χ0v) is 12.5. The number of nitrogens with two attached hydrogens (primary N) is 1. The van der Waals surface area contributed by atoms with E-state index in [1.165, 1.54) is 0 Å². The Balaban J connectivity index is 2.91. The Labute approximate surface area is 115 Å². The molecule has 0 unspecified atom stereocenters. The molecule has 0 aliphatic heterocycles. The minimum atomic E-state index is -0.461. The molecule has 19 heavy (non-hydrogen) atoms. The van der Waals surface area contributed by atoms with Crippen molar-refractivity contribution in [2.45, 2.75) is 59.6 Å². The second-order valence-electron chi connectivity index (χ2n) is 5.68. The molecule has 0 fully saturated rings. The topological polar surface area (TPSA) is 65.2 Å². The van der Waals surface area contributed by atoms with Crippen molar-refractivity contribution < 1.29 is 9.53 Å². The highest BCUT2D eigenvalue weighted by Crippen LogP contribution is 2.16. The van der Waals surface area contributed by atoms with Gasteiger partial charge in [-0.25, -0.2) is 0 Å². The SMILES string of the molecule is CCc1nc(CC(=O)OC(C)(C)C)cc(C)c1CN. The first-order valence-corrected chi connectivity index (χ1v) is 6.67. The lowest BCUT2D eigenvalue weighted by molar-refractivity contribution is -0.153. The third kappa shape index (κ3) is 4.63. The Morgan fingerprint density at radius 2 is 2.05 bits per heavy atom. The lowest BCUT2D eigenvalue weighted by Gasteiger charge is -2.19. The largest absolute Gasteiger partial charge is 0.460 e. The van der Waals surface area contributed by atoms with Gasteiger partial charge in [0.05, 0.1) is 12.1 Å². The minimum Gasteiger partial charge on any atom is -0.460 e. The van der Waals surface area contributed by atoms with Crippen molar-refractivity contribution in [3.05, 3.63) is 28.6 Å². The highest BCUT2D eigenvalue weighted by molar-refractivity contribution is 5.72. The van der Waals surface area contributed by atoms with Crippen LogP contribution in [0.1, 0.15) is 50.2 Å². The van der Waals surface area contributed by atoms with Crippen molar-refractivity contribution in [1.82, 2.24) is 4.98 Å². The fourth-order valence-electron chi connectivity index (χ4n) is 2.03. The number of hydrogen-bond acceptors (Lipinski definition) is 4. The van der Waals surface area contributed by atoms with Crippen molar-refractivity contribution >= 4 is 5.97 Å². The molecule has 0 amide bonds. The molecule has 0 saturated carbocycles. The average Bonchev–Trinajstić information content (AvgIpc) is 2.25. The molecule has 1 rings (SSSR count). The maximum atomic E-state index is 11.8. The van der Waals surface area contributed by atoms with E-state index in [1.54, 1.807) is 0 Å². The van der Waals surface area contributed by atoms with Gasteiger partial charge in [-0.05, 0) is 51.3 Å². The Kier molecular flexibility index (Phi) is 5.06. The molecular weight excluding hydrogens is 240 g/mol. The highest BCUT2D eigenvalue weighted by atomic mass is 16.6. The summed E-state index contributed by atoms with van der Waals surface area (Å²) >= 11 is 0. The Bertz CT molecular complexity index is 462. The van der Waals surface area contributed by atoms with Gasteiger partial charge in [0.25, 0.3) is 0 Å². The normalized spacial score (nSPS) is 11.5. The number of esters is 1. The quantitative estimate of drug-likeness (QED) is 0.847. The molecule has 0 aliphatic rings. The first kappa shape index (κ1) is 15.6. The maximum Gasteiger partial charge on any atom is 0.312 e. The van der Waals surface area contributed by atoms with Gasteiger partial charge in [0, 0.05) is 12.2 Å². The molecule has 0 atom stereocenters. The summed E-state index contributed by atoms with van der Waals surface area (Å²) in [6.45, 7) is 10.1. The van der Waals surface area contributed by atoms with E-state index in [2.05, 4.69) is 4.98 Å². The third-order valence-electron chi connectivity index (χ3n) is 2.77. The average molecular weight is 264 g/mol. The molecule has 4 nitrogen and oxygen atoms in total. The molecule has 2 N–H and O–H groups in total. The van der Waals surface area contributed by atoms with Gasteiger partial charge in [0.2, 0.25) is 0 Å². The molecule has 0 radical (unpaired) electrons. The van der Waals surface area contributed by atoms with Gasteiger partial charge < -0.3 is 10.5 Å². The molecule has 1 aromatic heterocycles. The molecule has 0 spiro atoms. The van der Waals surface area contributed by atoms with Gasteiger partial charge in [0.1, 0.15) is 5.60 Å². The van der Waals surface area contributed by atoms with Crippen LogP contribution < -0.4 is 5.73 Å². The van der Waals surface area contributed by atoms with E-state index in [4.69, 9.17) is 10.5 Å². The summed E-state index contributed by atoms with van der Waals surface area (Å²) in [7, 11) is 0. The predicted octanol–water partition coefficient (Wildman–Crippen LogP) is 2.30. The number of aryl methyl sites for hydroxylation is 2. The van der Waals surface area contributed by atoms with Gasteiger partial charge in [-0.3, -0.25) is 9.78 Å². The molecule has 0 saturated heterocycles. The summed E-state index contributed by atoms with van der Waals surface area (Å²) in [5.41, 5.74) is 9.16. The highest BCUT2D eigenvalue weighted by Gasteiger charge is 2.18. The van der Waals surface area contributed by atoms with Crippen LogP contribution in [0.5, 0.6) is 0 Å². The molecule has 1 heterocycles. The third-order valence-corrected chi connectivity index (χ3v) is 2.77. The maximum absolute atomic E-state index is 11.8. The summed E-state index contributed by atoms with van der Waals surface area (Å²) in [6, 6.07) is 1.92. The second kappa shape index (κ2) is 6.15. The number of rotatable bonds is 4. The minimum absolute atomic E-state index is 0.204. The van der Waals surface area contributed by atoms with Crippen molar-refractivity contribution in [2.24, 2.45) is 5.73 Å². The summed E-state index contributed by atoms with van der Waals surface area (Å²) in [5.74, 6) is -0.248. The Morgan fingerprint density at radius 3 is 2.53 bits per heavy atom. The van der Waals surface area contributed by atoms with E-state index in [1.807, 2.05) is 40.7 Å². The molecule has 1 aromatic rings. The van der Waals surface area contributed by atoms with Crippen LogP contribution in [0.4, 0.5) is 0 Å². The fraction of sp³-hybridized carbons (Fsp3) is 0.600. The van der Waals surface area contributed by atoms with Gasteiger partial charge in [-0.15, -0.1) is 0 Å². The molecule has 106 valence electrons. The summed E-state index contributed by atoms with van der Waals surface area (Å²) in [6.07, 6.45) is 1.02. The fourth-order valence-corrected chi connectivity index (χ4v) is 2.03. The molecule has 0 aromatic carbocycles. The summed E-state index contributed by atoms with van der Waals surface area (Å²) < 4.78 is 5.31. The van der Waals surface area contributed by atoms with Crippen molar-refractivity contribution in [3.63, 3.8) is 0 Å². The number of ether oxygens (including phenoxy) is 1. The number of aromatic nitrogens is 1. The Hall–Kier alpha value is -1.42. The zero-order valence-electron chi connectivity index (χ0n) is 12.5. The predicted molar refractivity (Wildman–Crippen MR) is 75.8 cm³/mol. The molecule has 4 heteroatoms. The van der Waals surface area contributed by atoms with Crippen LogP contribution in [0, 0.1) is 6.92 Å². The van der Waals surface area contributed by atoms with Gasteiger partial charge in [-0.2, -0.15) is 0 Å². The van der Waals surface area contributed by atoms with E-state index in [0.717, 1.165) is 28.9 Å². The van der Waals surface area contributed by atoms with E-state index in [-0.39, 0.29) is 12.4 Å². The van der Waals surface area contributed by atoms with Crippen molar-refractivity contribution in [3.8, 4) is 0 Å². The molecule has 0 aliphatic carbocycles. The van der Waals surface area contributed by atoms with Crippen LogP contribution in [0.25, 0.3) is 0 Å². The number of pyridine rings is 1. The van der Waals surface area contributed by atoms with Crippen LogP contribution in [-0.4, -0.2) is 16.6 Å². The van der Waals surface area contributed by atoms with Gasteiger partial charge in [-0.1, -0.05) is 6.92 Å². The van der Waals surface area contributed by atoms with Crippen molar-refractivity contribution in [2.75, 3.05) is 0 Å². The number of nitrogens with zero attached hydrogens (tertiary/aromatic N) is 1. The first-order valence-electron chi connectivity index (χ1n) is 6.67. The monoisotopic (exact) mass is 264 g/mol. The van der Waals surface area contributed by atoms with E-state index in [9.17, 15) is 4.79 Å². The van der Waals surface area contributed by atoms with Gasteiger partial charge >= 0.3 is 5.97 Å². The zero-order chi connectivity index (χ0) is 14.6. The van der Waals surface area contributed by atoms with Crippen LogP contribution in [0.3, 0.4) is 0 Å². The van der Waals surface area contributed by atoms with E-state index < -0.39 is 5.60 Å². The Morgan fingerprint density at radius 1 is 1.42 bits per heavy atom. The summed E-state index contributed by atoms with van der Waals surface area (Å²) in [4.78, 5) is 16.3. The summed E-state index contributed by atoms with van der Waals surface area (Å²) in [5, 5.41) is 0. The molecule has 0 bridgehead atoms. The number of carbonyl (C=O) groups is 1. The van der Waals surface area contributed by atoms with Crippen LogP contribution in [0.2, 0.25) is 0 Å². The number of carbonyl (C=O) groups excluding carboxylic acids is 1. The standard InChI is InChI=1S/C15H24N2O2/c1-6-13-12(9-16)10(2)7-11(17-13)8-14(18)19-15(3,4)5/h7H,6,8-9,16H2,1-5H3. The van der Waals surface area contributed by atoms with Gasteiger partial charge in [0.15, 0.2) is 0 Å². The van der Waals surface area contributed by atoms with Crippen LogP contribution in [-0.2, 0) is 28.9 Å². The van der Waals surface area contributed by atoms with E-state index in [0.29, 0.717) is 6.54 Å². The van der Waals surface area contributed by atoms with E-state index >= 15 is 0 Å². The van der Waals surface area contributed by atoms with Crippen molar-refractivity contribution in [1.29, 1.82) is 0 Å². The lowest BCUT2D eigenvalue weighted by atomic mass is 10.0. The smallest absolute Gasteiger partial charge is 0.312 e. The van der Waals surface area contributed by atoms with Crippen LogP contribution >= 0.6 is 0 Å². The second-order valence-corrected chi connectivity index (χ2v) is 5.68. The van der Waals surface area contributed by atoms with Crippen LogP contribution in [0.15, 0.2) is 6.07 Å². The molecular formula is C15H24N2O2. The number of hydrogen-bond donors (Lipinski definition) is 1. The first-order chi connectivity index (χ1) is 8.76.